The second kappa shape index (κ2) is 8.47. The molecule has 0 heterocycles. The zero-order chi connectivity index (χ0) is 18.6. The van der Waals surface area contributed by atoms with Gasteiger partial charge in [-0.25, -0.2) is 4.79 Å². The number of benzene rings is 1. The van der Waals surface area contributed by atoms with Gasteiger partial charge in [-0.1, -0.05) is 26.0 Å². The summed E-state index contributed by atoms with van der Waals surface area (Å²) in [5.74, 6) is -1.49. The Morgan fingerprint density at radius 2 is 1.80 bits per heavy atom. The molecule has 7 heteroatoms. The van der Waals surface area contributed by atoms with Gasteiger partial charge in [0.25, 0.3) is 11.8 Å². The quantitative estimate of drug-likeness (QED) is 0.675. The van der Waals surface area contributed by atoms with Gasteiger partial charge in [-0.15, -0.1) is 0 Å². The van der Waals surface area contributed by atoms with E-state index in [2.05, 4.69) is 26.6 Å². The fourth-order valence-corrected chi connectivity index (χ4v) is 2.67. The van der Waals surface area contributed by atoms with Crippen molar-refractivity contribution in [1.82, 2.24) is 10.6 Å². The van der Waals surface area contributed by atoms with Crippen molar-refractivity contribution in [2.45, 2.75) is 51.8 Å². The van der Waals surface area contributed by atoms with Gasteiger partial charge < -0.3 is 15.4 Å². The maximum Gasteiger partial charge on any atom is 0.329 e. The predicted octanol–water partition coefficient (Wildman–Crippen LogP) is 2.41. The van der Waals surface area contributed by atoms with Crippen molar-refractivity contribution < 1.29 is 19.1 Å². The molecule has 1 fully saturated rings. The number of nitrogens with one attached hydrogen (secondary N) is 2. The van der Waals surface area contributed by atoms with E-state index in [4.69, 9.17) is 4.74 Å². The summed E-state index contributed by atoms with van der Waals surface area (Å²) in [5, 5.41) is 5.49. The van der Waals surface area contributed by atoms with Gasteiger partial charge >= 0.3 is 5.97 Å². The molecular weight excluding hydrogens is 388 g/mol. The number of hydrogen-bond donors (Lipinski definition) is 2. The van der Waals surface area contributed by atoms with Crippen LogP contribution in [0.1, 0.15) is 44.0 Å². The summed E-state index contributed by atoms with van der Waals surface area (Å²) < 4.78 is 5.89. The Hall–Kier alpha value is -1.89. The molecule has 1 aromatic rings. The van der Waals surface area contributed by atoms with E-state index in [1.54, 1.807) is 38.1 Å². The maximum absolute atomic E-state index is 12.4. The monoisotopic (exact) mass is 410 g/mol. The van der Waals surface area contributed by atoms with E-state index in [0.717, 1.165) is 12.8 Å². The van der Waals surface area contributed by atoms with Crippen LogP contribution in [0.25, 0.3) is 0 Å². The normalized spacial score (nSPS) is 16.0. The molecule has 0 unspecified atom stereocenters. The zero-order valence-corrected chi connectivity index (χ0v) is 16.1. The summed E-state index contributed by atoms with van der Waals surface area (Å²) in [4.78, 5) is 36.8. The smallest absolute Gasteiger partial charge is 0.329 e. The van der Waals surface area contributed by atoms with Crippen molar-refractivity contribution in [2.75, 3.05) is 0 Å². The summed E-state index contributed by atoms with van der Waals surface area (Å²) in [5.41, 5.74) is 0.431. The molecule has 1 aromatic carbocycles. The highest BCUT2D eigenvalue weighted by Gasteiger charge is 2.31. The highest BCUT2D eigenvalue weighted by atomic mass is 79.9. The topological polar surface area (TPSA) is 84.5 Å². The van der Waals surface area contributed by atoms with Gasteiger partial charge in [0.1, 0.15) is 6.04 Å². The molecule has 0 aromatic heterocycles. The molecule has 136 valence electrons. The summed E-state index contributed by atoms with van der Waals surface area (Å²) in [6.07, 6.45) is 1.03. The van der Waals surface area contributed by atoms with Crippen LogP contribution >= 0.6 is 15.9 Å². The number of carbonyl (C=O) groups excluding carboxylic acids is 3. The van der Waals surface area contributed by atoms with Crippen molar-refractivity contribution in [3.8, 4) is 0 Å². The third-order valence-corrected chi connectivity index (χ3v) is 4.60. The molecular formula is C18H23BrN2O4. The largest absolute Gasteiger partial charge is 0.451 e. The fraction of sp³-hybridized carbons (Fsp3) is 0.500. The molecule has 0 aliphatic heterocycles. The lowest BCUT2D eigenvalue weighted by Crippen LogP contribution is -2.48. The molecule has 2 N–H and O–H groups in total. The third kappa shape index (κ3) is 5.56. The van der Waals surface area contributed by atoms with E-state index in [1.165, 1.54) is 6.92 Å². The van der Waals surface area contributed by atoms with Crippen LogP contribution in [-0.2, 0) is 14.3 Å². The second-order valence-corrected chi connectivity index (χ2v) is 7.39. The molecule has 1 aliphatic carbocycles. The molecule has 0 spiro atoms. The minimum absolute atomic E-state index is 0.183. The van der Waals surface area contributed by atoms with Crippen molar-refractivity contribution >= 4 is 33.7 Å². The fourth-order valence-electron chi connectivity index (χ4n) is 2.21. The molecule has 25 heavy (non-hydrogen) atoms. The highest BCUT2D eigenvalue weighted by Crippen LogP contribution is 2.19. The van der Waals surface area contributed by atoms with Gasteiger partial charge in [0.15, 0.2) is 6.10 Å². The van der Waals surface area contributed by atoms with Crippen LogP contribution in [0, 0.1) is 5.92 Å². The number of rotatable bonds is 7. The van der Waals surface area contributed by atoms with Crippen LogP contribution in [0.4, 0.5) is 0 Å². The van der Waals surface area contributed by atoms with Gasteiger partial charge in [0.2, 0.25) is 0 Å². The Morgan fingerprint density at radius 1 is 1.16 bits per heavy atom. The minimum Gasteiger partial charge on any atom is -0.451 e. The van der Waals surface area contributed by atoms with Crippen LogP contribution in [0.2, 0.25) is 0 Å². The number of esters is 1. The van der Waals surface area contributed by atoms with E-state index in [-0.39, 0.29) is 23.8 Å². The number of carbonyl (C=O) groups is 3. The van der Waals surface area contributed by atoms with Crippen LogP contribution < -0.4 is 10.6 Å². The number of hydrogen-bond acceptors (Lipinski definition) is 4. The SMILES string of the molecule is CC(C)[C@H](NC(=O)c1ccccc1Br)C(=O)O[C@H](C)C(=O)NC1CC1. The molecule has 2 rings (SSSR count). The molecule has 0 radical (unpaired) electrons. The average Bonchev–Trinajstić information content (AvgIpc) is 3.36. The van der Waals surface area contributed by atoms with Crippen LogP contribution in [0.5, 0.6) is 0 Å². The van der Waals surface area contributed by atoms with Gasteiger partial charge in [0, 0.05) is 10.5 Å². The van der Waals surface area contributed by atoms with E-state index >= 15 is 0 Å². The summed E-state index contributed by atoms with van der Waals surface area (Å²) in [7, 11) is 0. The van der Waals surface area contributed by atoms with E-state index in [0.29, 0.717) is 10.0 Å². The third-order valence-electron chi connectivity index (χ3n) is 3.91. The van der Waals surface area contributed by atoms with E-state index in [1.807, 2.05) is 0 Å². The van der Waals surface area contributed by atoms with Gasteiger partial charge in [-0.05, 0) is 53.7 Å². The average molecular weight is 411 g/mol. The lowest BCUT2D eigenvalue weighted by molar-refractivity contribution is -0.157. The highest BCUT2D eigenvalue weighted by molar-refractivity contribution is 9.10. The maximum atomic E-state index is 12.4. The van der Waals surface area contributed by atoms with Gasteiger partial charge in [-0.3, -0.25) is 9.59 Å². The molecule has 2 atom stereocenters. The Kier molecular flexibility index (Phi) is 6.58. The minimum atomic E-state index is -0.894. The van der Waals surface area contributed by atoms with Crippen molar-refractivity contribution in [1.29, 1.82) is 0 Å². The predicted molar refractivity (Wildman–Crippen MR) is 97.0 cm³/mol. The number of ether oxygens (including phenoxy) is 1. The summed E-state index contributed by atoms with van der Waals surface area (Å²) in [6, 6.07) is 6.32. The van der Waals surface area contributed by atoms with Crippen molar-refractivity contribution in [3.05, 3.63) is 34.3 Å². The zero-order valence-electron chi connectivity index (χ0n) is 14.5. The molecule has 1 saturated carbocycles. The molecule has 0 bridgehead atoms. The first-order valence-corrected chi connectivity index (χ1v) is 9.15. The van der Waals surface area contributed by atoms with Crippen LogP contribution in [-0.4, -0.2) is 36.0 Å². The second-order valence-electron chi connectivity index (χ2n) is 6.54. The standard InChI is InChI=1S/C18H23BrN2O4/c1-10(2)15(21-17(23)13-6-4-5-7-14(13)19)18(24)25-11(3)16(22)20-12-8-9-12/h4-7,10-12,15H,8-9H2,1-3H3,(H,20,22)(H,21,23)/t11-,15+/m1/s1. The van der Waals surface area contributed by atoms with Crippen LogP contribution in [0.3, 0.4) is 0 Å². The van der Waals surface area contributed by atoms with Gasteiger partial charge in [-0.2, -0.15) is 0 Å². The Balaban J connectivity index is 1.98. The molecule has 0 saturated heterocycles. The molecule has 2 amide bonds. The first kappa shape index (κ1) is 19.4. The van der Waals surface area contributed by atoms with Crippen molar-refractivity contribution in [3.63, 3.8) is 0 Å². The first-order chi connectivity index (χ1) is 11.8. The number of amides is 2. The summed E-state index contributed by atoms with van der Waals surface area (Å²) in [6.45, 7) is 5.14. The molecule has 1 aliphatic rings. The lowest BCUT2D eigenvalue weighted by atomic mass is 10.0. The van der Waals surface area contributed by atoms with E-state index < -0.39 is 18.1 Å². The lowest BCUT2D eigenvalue weighted by Gasteiger charge is -2.23. The Labute approximate surface area is 155 Å². The Bertz CT molecular complexity index is 658. The van der Waals surface area contributed by atoms with Gasteiger partial charge in [0.05, 0.1) is 5.56 Å². The molecule has 6 nitrogen and oxygen atoms in total. The number of halogens is 1. The first-order valence-electron chi connectivity index (χ1n) is 8.36. The summed E-state index contributed by atoms with van der Waals surface area (Å²) >= 11 is 3.32. The Morgan fingerprint density at radius 3 is 2.36 bits per heavy atom. The van der Waals surface area contributed by atoms with Crippen molar-refractivity contribution in [2.24, 2.45) is 5.92 Å². The van der Waals surface area contributed by atoms with Crippen LogP contribution in [0.15, 0.2) is 28.7 Å². The van der Waals surface area contributed by atoms with E-state index in [9.17, 15) is 14.4 Å².